The number of fused-ring (bicyclic) bond motifs is 5. The van der Waals surface area contributed by atoms with E-state index in [0.717, 1.165) is 69.9 Å². The Hall–Kier alpha value is -2.22. The predicted molar refractivity (Wildman–Crippen MR) is 172 cm³/mol. The van der Waals surface area contributed by atoms with E-state index in [1.54, 1.807) is 19.0 Å². The van der Waals surface area contributed by atoms with Crippen molar-refractivity contribution in [3.05, 3.63) is 11.6 Å². The van der Waals surface area contributed by atoms with Crippen LogP contribution in [0.15, 0.2) is 16.8 Å². The maximum atomic E-state index is 13.5. The van der Waals surface area contributed by atoms with Crippen molar-refractivity contribution in [3.63, 3.8) is 0 Å². The van der Waals surface area contributed by atoms with E-state index in [1.807, 2.05) is 11.0 Å². The van der Waals surface area contributed by atoms with Gasteiger partial charge in [0.1, 0.15) is 0 Å². The number of hydrogen-bond donors (Lipinski definition) is 1. The second kappa shape index (κ2) is 12.5. The zero-order valence-electron chi connectivity index (χ0n) is 27.9. The molecular weight excluding hydrogens is 552 g/mol. The fourth-order valence-electron chi connectivity index (χ4n) is 11.0. The van der Waals surface area contributed by atoms with Crippen LogP contribution < -0.4 is 5.32 Å². The van der Waals surface area contributed by atoms with Gasteiger partial charge < -0.3 is 15.1 Å². The van der Waals surface area contributed by atoms with Crippen LogP contribution in [-0.2, 0) is 14.4 Å². The molecule has 8 nitrogen and oxygen atoms in total. The molecule has 6 aliphatic rings. The summed E-state index contributed by atoms with van der Waals surface area (Å²) in [5.41, 5.74) is 2.77. The predicted octanol–water partition coefficient (Wildman–Crippen LogP) is 6.49. The summed E-state index contributed by atoms with van der Waals surface area (Å²) < 4.78 is 0. The van der Waals surface area contributed by atoms with Gasteiger partial charge in [-0.15, -0.1) is 0 Å². The molecule has 0 aromatic heterocycles. The summed E-state index contributed by atoms with van der Waals surface area (Å²) in [5.74, 6) is 2.84. The first kappa shape index (κ1) is 31.7. The van der Waals surface area contributed by atoms with Gasteiger partial charge in [0, 0.05) is 45.1 Å². The van der Waals surface area contributed by atoms with Gasteiger partial charge in [-0.05, 0) is 119 Å². The Labute approximate surface area is 264 Å². The van der Waals surface area contributed by atoms with Gasteiger partial charge >= 0.3 is 6.09 Å². The summed E-state index contributed by atoms with van der Waals surface area (Å²) in [6.45, 7) is 7.64. The van der Waals surface area contributed by atoms with Crippen LogP contribution in [0.4, 0.5) is 4.79 Å². The zero-order valence-corrected chi connectivity index (χ0v) is 27.9. The Kier molecular flexibility index (Phi) is 9.04. The van der Waals surface area contributed by atoms with Crippen LogP contribution in [0, 0.1) is 34.5 Å². The highest BCUT2D eigenvalue weighted by atomic mass is 16.7. The second-order valence-electron chi connectivity index (χ2n) is 15.9. The van der Waals surface area contributed by atoms with Crippen molar-refractivity contribution in [1.82, 2.24) is 15.1 Å². The molecule has 1 saturated heterocycles. The van der Waals surface area contributed by atoms with Crippen LogP contribution in [0.1, 0.15) is 117 Å². The number of carbonyl (C=O) groups is 3. The van der Waals surface area contributed by atoms with E-state index >= 15 is 0 Å². The molecule has 0 aromatic rings. The number of nitrogens with one attached hydrogen (secondary N) is 1. The van der Waals surface area contributed by atoms with E-state index < -0.39 is 0 Å². The molecule has 6 rings (SSSR count). The number of amides is 2. The van der Waals surface area contributed by atoms with Crippen LogP contribution in [0.5, 0.6) is 0 Å². The highest BCUT2D eigenvalue weighted by Crippen LogP contribution is 2.66. The third kappa shape index (κ3) is 5.78. The lowest BCUT2D eigenvalue weighted by Crippen LogP contribution is -2.51. The fourth-order valence-corrected chi connectivity index (χ4v) is 11.0. The summed E-state index contributed by atoms with van der Waals surface area (Å²) in [6, 6.07) is 0.325. The molecule has 8 heteroatoms. The minimum Gasteiger partial charge on any atom is -0.347 e. The van der Waals surface area contributed by atoms with E-state index in [9.17, 15) is 14.4 Å². The van der Waals surface area contributed by atoms with Crippen molar-refractivity contribution in [1.29, 1.82) is 0 Å². The highest BCUT2D eigenvalue weighted by Gasteiger charge is 2.59. The molecule has 1 N–H and O–H groups in total. The van der Waals surface area contributed by atoms with Crippen molar-refractivity contribution in [2.24, 2.45) is 39.7 Å². The first-order valence-corrected chi connectivity index (χ1v) is 17.7. The average molecular weight is 609 g/mol. The van der Waals surface area contributed by atoms with Gasteiger partial charge in [-0.2, -0.15) is 0 Å². The van der Waals surface area contributed by atoms with Gasteiger partial charge in [-0.3, -0.25) is 14.4 Å². The summed E-state index contributed by atoms with van der Waals surface area (Å²) in [4.78, 5) is 47.5. The molecule has 0 spiro atoms. The largest absolute Gasteiger partial charge is 0.436 e. The van der Waals surface area contributed by atoms with Crippen molar-refractivity contribution in [3.8, 4) is 0 Å². The van der Waals surface area contributed by atoms with E-state index in [1.165, 1.54) is 31.3 Å². The number of likely N-dealkylation sites (N-methyl/N-ethyl adjacent to an activating group) is 1. The zero-order chi connectivity index (χ0) is 31.2. The number of hydrogen-bond acceptors (Lipinski definition) is 6. The highest BCUT2D eigenvalue weighted by molar-refractivity contribution is 5.91. The standard InChI is InChI=1S/C36H56N4O4/c1-23(29-13-14-30-28-12-10-24-22-27(41)16-19-35(24,2)31(28)17-20-36(29,30)3)38-44-34(43)40(26-8-6-7-9-26)21-18-25-11-15-32(37-25)33(42)39(4)5/h22,25-26,28-32,37H,6-21H2,1-5H3/b38-23+/t25?,28-,29+,30-,31-,32?,35-,36+/m0/s1. The molecule has 44 heavy (non-hydrogen) atoms. The Bertz CT molecular complexity index is 1190. The summed E-state index contributed by atoms with van der Waals surface area (Å²) in [6.07, 6.45) is 17.4. The first-order chi connectivity index (χ1) is 21.0. The molecule has 2 unspecified atom stereocenters. The smallest absolute Gasteiger partial charge is 0.347 e. The molecule has 0 radical (unpaired) electrons. The summed E-state index contributed by atoms with van der Waals surface area (Å²) in [5, 5.41) is 8.07. The molecule has 4 saturated carbocycles. The van der Waals surface area contributed by atoms with Gasteiger partial charge in [0.15, 0.2) is 5.78 Å². The van der Waals surface area contributed by atoms with Gasteiger partial charge in [-0.1, -0.05) is 37.4 Å². The van der Waals surface area contributed by atoms with Gasteiger partial charge in [-0.25, -0.2) is 4.79 Å². The first-order valence-electron chi connectivity index (χ1n) is 17.7. The van der Waals surface area contributed by atoms with E-state index in [0.29, 0.717) is 42.4 Å². The second-order valence-corrected chi connectivity index (χ2v) is 15.9. The third-order valence-electron chi connectivity index (χ3n) is 13.4. The van der Waals surface area contributed by atoms with Gasteiger partial charge in [0.25, 0.3) is 0 Å². The number of ketones is 1. The average Bonchev–Trinajstić information content (AvgIpc) is 3.76. The van der Waals surface area contributed by atoms with E-state index in [2.05, 4.69) is 31.2 Å². The Balaban J connectivity index is 1.09. The van der Waals surface area contributed by atoms with Gasteiger partial charge in [0.05, 0.1) is 11.8 Å². The van der Waals surface area contributed by atoms with Crippen LogP contribution in [0.25, 0.3) is 0 Å². The van der Waals surface area contributed by atoms with Crippen molar-refractivity contribution >= 4 is 23.5 Å². The minimum atomic E-state index is -0.315. The number of carbonyl (C=O) groups excluding carboxylic acids is 3. The molecule has 8 atom stereocenters. The molecule has 5 aliphatic carbocycles. The normalized spacial score (nSPS) is 38.9. The Morgan fingerprint density at radius 1 is 0.977 bits per heavy atom. The molecule has 1 aliphatic heterocycles. The van der Waals surface area contributed by atoms with Crippen LogP contribution >= 0.6 is 0 Å². The van der Waals surface area contributed by atoms with Crippen molar-refractivity contribution in [2.75, 3.05) is 20.6 Å². The molecule has 244 valence electrons. The molecule has 0 aromatic carbocycles. The maximum absolute atomic E-state index is 13.5. The van der Waals surface area contributed by atoms with Crippen LogP contribution in [-0.4, -0.2) is 72.1 Å². The monoisotopic (exact) mass is 608 g/mol. The Morgan fingerprint density at radius 2 is 1.75 bits per heavy atom. The fraction of sp³-hybridized carbons (Fsp3) is 0.833. The lowest BCUT2D eigenvalue weighted by atomic mass is 9.46. The van der Waals surface area contributed by atoms with E-state index in [-0.39, 0.29) is 41.0 Å². The molecule has 5 fully saturated rings. The number of oxime groups is 1. The van der Waals surface area contributed by atoms with E-state index in [4.69, 9.17) is 4.84 Å². The Morgan fingerprint density at radius 3 is 2.50 bits per heavy atom. The molecule has 1 heterocycles. The maximum Gasteiger partial charge on any atom is 0.436 e. The van der Waals surface area contributed by atoms with Crippen molar-refractivity contribution < 1.29 is 19.2 Å². The third-order valence-corrected chi connectivity index (χ3v) is 13.4. The number of rotatable bonds is 7. The quantitative estimate of drug-likeness (QED) is 0.203. The van der Waals surface area contributed by atoms with Crippen molar-refractivity contribution in [2.45, 2.75) is 135 Å². The SMILES string of the molecule is C/C(=N\OC(=O)N(CCC1CCC(C(=O)N(C)C)N1)C1CCCC1)[C@H]1CC[C@H]2[C@@H]3CCC4=CC(=O)CC[C@]4(C)[C@H]3CC[C@]12C. The summed E-state index contributed by atoms with van der Waals surface area (Å²) in [7, 11) is 3.61. The topological polar surface area (TPSA) is 91.3 Å². The van der Waals surface area contributed by atoms with Crippen LogP contribution in [0.2, 0.25) is 0 Å². The lowest BCUT2D eigenvalue weighted by Gasteiger charge is -2.58. The number of nitrogens with zero attached hydrogens (tertiary/aromatic N) is 3. The minimum absolute atomic E-state index is 0.123. The molecule has 2 amide bonds. The van der Waals surface area contributed by atoms with Gasteiger partial charge in [0.2, 0.25) is 5.91 Å². The number of allylic oxidation sites excluding steroid dienone is 1. The summed E-state index contributed by atoms with van der Waals surface area (Å²) >= 11 is 0. The molecular formula is C36H56N4O4. The van der Waals surface area contributed by atoms with Crippen LogP contribution in [0.3, 0.4) is 0 Å². The molecule has 0 bridgehead atoms. The lowest BCUT2D eigenvalue weighted by molar-refractivity contribution is -0.130.